The molecule has 7 fully saturated rings. The lowest BCUT2D eigenvalue weighted by Gasteiger charge is -2.67. The van der Waals surface area contributed by atoms with E-state index in [1.165, 1.54) is 0 Å². The summed E-state index contributed by atoms with van der Waals surface area (Å²) in [6.45, 7) is 14.7. The number of rotatable bonds is 17. The van der Waals surface area contributed by atoms with Crippen LogP contribution in [0.5, 0.6) is 0 Å². The number of fused-ring (bicyclic) bond motifs is 5. The Morgan fingerprint density at radius 2 is 1.18 bits per heavy atom. The van der Waals surface area contributed by atoms with Crippen molar-refractivity contribution in [3.63, 3.8) is 0 Å². The molecular formula is C54H92O23. The molecule has 0 bridgehead atoms. The summed E-state index contributed by atoms with van der Waals surface area (Å²) in [5, 5.41) is 160. The third-order valence-corrected chi connectivity index (χ3v) is 20.7. The fourth-order valence-electron chi connectivity index (χ4n) is 15.5. The van der Waals surface area contributed by atoms with Crippen molar-refractivity contribution in [3.05, 3.63) is 11.6 Å². The van der Waals surface area contributed by atoms with Crippen LogP contribution in [-0.4, -0.2) is 244 Å². The molecule has 4 saturated heterocycles. The zero-order valence-corrected chi connectivity index (χ0v) is 45.8. The van der Waals surface area contributed by atoms with Crippen LogP contribution < -0.4 is 0 Å². The zero-order valence-electron chi connectivity index (χ0n) is 45.8. The van der Waals surface area contributed by atoms with Crippen molar-refractivity contribution in [3.8, 4) is 0 Å². The maximum Gasteiger partial charge on any atom is 0.187 e. The van der Waals surface area contributed by atoms with Gasteiger partial charge in [0.15, 0.2) is 25.2 Å². The van der Waals surface area contributed by atoms with E-state index in [4.69, 9.17) is 37.9 Å². The Labute approximate surface area is 450 Å². The van der Waals surface area contributed by atoms with Crippen LogP contribution in [0, 0.1) is 45.3 Å². The average Bonchev–Trinajstić information content (AvgIpc) is 3.79. The van der Waals surface area contributed by atoms with Gasteiger partial charge >= 0.3 is 0 Å². The van der Waals surface area contributed by atoms with Crippen LogP contribution in [0.3, 0.4) is 0 Å². The largest absolute Gasteiger partial charge is 0.394 e. The third kappa shape index (κ3) is 11.1. The normalized spacial score (nSPS) is 51.0. The summed E-state index contributed by atoms with van der Waals surface area (Å²) in [5.41, 5.74) is -1.75. The first-order chi connectivity index (χ1) is 36.0. The van der Waals surface area contributed by atoms with Crippen LogP contribution in [0.25, 0.3) is 0 Å². The second kappa shape index (κ2) is 23.5. The van der Waals surface area contributed by atoms with Crippen LogP contribution in [0.2, 0.25) is 0 Å². The molecule has 3 saturated carbocycles. The van der Waals surface area contributed by atoms with E-state index in [2.05, 4.69) is 47.6 Å². The first-order valence-electron chi connectivity index (χ1n) is 27.9. The molecule has 0 aromatic carbocycles. The summed E-state index contributed by atoms with van der Waals surface area (Å²) >= 11 is 0. The smallest absolute Gasteiger partial charge is 0.187 e. The fraction of sp³-hybridized carbons (Fsp3) is 0.963. The predicted octanol–water partition coefficient (Wildman–Crippen LogP) is -2.20. The van der Waals surface area contributed by atoms with Gasteiger partial charge in [-0.2, -0.15) is 0 Å². The minimum atomic E-state index is -1.73. The number of hydrogen-bond donors (Lipinski definition) is 15. The standard InChI is InChI=1S/C54H92O23/c1-23(9-13-34(51(4,5)69)77-47-42(65)38(61)30(22-71-47)75-48-44(67)41(64)37(60)29(21-56)74-48)24-15-17-52(6)31-12-10-25-26(54(31,8)32(57)19-53(24,52)7)11-14-33(50(25,2)3)76-49-45(68)39(62)35(58)27(72-49)16-18-70-46-43(66)40(63)36(59)28(20-55)73-46/h10,23-24,26-49,55-69H,9,11-22H2,1-8H3/t23-,24?,26?,27-,28-,29+,30-,31?,32-,33+,34-,35-,36-,37+,38+,39+,40+,41-,42-,43-,44+,45-,46-,47+,48-,49+,52+,53-,54+/m1/s1. The van der Waals surface area contributed by atoms with Crippen LogP contribution in [0.4, 0.5) is 0 Å². The number of ether oxygens (including phenoxy) is 8. The Kier molecular flexibility index (Phi) is 18.9. The van der Waals surface area contributed by atoms with Gasteiger partial charge in [-0.1, -0.05) is 53.2 Å². The summed E-state index contributed by atoms with van der Waals surface area (Å²) in [6, 6.07) is 0. The molecular weight excluding hydrogens is 1020 g/mol. The van der Waals surface area contributed by atoms with E-state index in [-0.39, 0.29) is 54.1 Å². The Bertz CT molecular complexity index is 1990. The van der Waals surface area contributed by atoms with Gasteiger partial charge in [0.05, 0.1) is 56.4 Å². The van der Waals surface area contributed by atoms with E-state index < -0.39 is 165 Å². The Morgan fingerprint density at radius 1 is 0.636 bits per heavy atom. The number of hydrogen-bond acceptors (Lipinski definition) is 23. The van der Waals surface area contributed by atoms with Gasteiger partial charge in [-0.15, -0.1) is 0 Å². The molecule has 29 atom stereocenters. The van der Waals surface area contributed by atoms with Crippen molar-refractivity contribution in [2.45, 2.75) is 254 Å². The second-order valence-corrected chi connectivity index (χ2v) is 25.7. The van der Waals surface area contributed by atoms with Crippen LogP contribution in [0.15, 0.2) is 11.6 Å². The molecule has 15 N–H and O–H groups in total. The molecule has 8 aliphatic rings. The highest BCUT2D eigenvalue weighted by atomic mass is 16.7. The summed E-state index contributed by atoms with van der Waals surface area (Å²) in [7, 11) is 0. The monoisotopic (exact) mass is 1110 g/mol. The average molecular weight is 1110 g/mol. The van der Waals surface area contributed by atoms with E-state index in [0.29, 0.717) is 32.1 Å². The van der Waals surface area contributed by atoms with Crippen molar-refractivity contribution in [2.24, 2.45) is 45.3 Å². The lowest BCUT2D eigenvalue weighted by atomic mass is 9.38. The highest BCUT2D eigenvalue weighted by Gasteiger charge is 2.70. The Balaban J connectivity index is 0.888. The maximum absolute atomic E-state index is 12.7. The topological polar surface area (TPSA) is 377 Å². The lowest BCUT2D eigenvalue weighted by molar-refractivity contribution is -0.349. The summed E-state index contributed by atoms with van der Waals surface area (Å²) < 4.78 is 47.0. The zero-order chi connectivity index (χ0) is 56.6. The number of aliphatic hydroxyl groups excluding tert-OH is 14. The second-order valence-electron chi connectivity index (χ2n) is 25.7. The summed E-state index contributed by atoms with van der Waals surface area (Å²) in [5.74, 6) is 0.471. The summed E-state index contributed by atoms with van der Waals surface area (Å²) in [4.78, 5) is 0. The van der Waals surface area contributed by atoms with E-state index in [0.717, 1.165) is 24.8 Å². The molecule has 77 heavy (non-hydrogen) atoms. The molecule has 0 spiro atoms. The molecule has 8 rings (SSSR count). The molecule has 23 heteroatoms. The molecule has 4 heterocycles. The van der Waals surface area contributed by atoms with Crippen LogP contribution in [0.1, 0.15) is 113 Å². The van der Waals surface area contributed by atoms with Gasteiger partial charge in [0.1, 0.15) is 85.5 Å². The van der Waals surface area contributed by atoms with Crippen LogP contribution >= 0.6 is 0 Å². The minimum Gasteiger partial charge on any atom is -0.394 e. The molecule has 3 unspecified atom stereocenters. The lowest BCUT2D eigenvalue weighted by Crippen LogP contribution is -2.65. The maximum atomic E-state index is 12.7. The molecule has 23 nitrogen and oxygen atoms in total. The quantitative estimate of drug-likeness (QED) is 0.0687. The van der Waals surface area contributed by atoms with Crippen LogP contribution in [-0.2, 0) is 37.9 Å². The molecule has 0 aromatic heterocycles. The van der Waals surface area contributed by atoms with Crippen molar-refractivity contribution >= 4 is 0 Å². The highest BCUT2D eigenvalue weighted by Crippen LogP contribution is 2.75. The van der Waals surface area contributed by atoms with Gasteiger partial charge in [0, 0.05) is 10.8 Å². The van der Waals surface area contributed by atoms with E-state index >= 15 is 0 Å². The van der Waals surface area contributed by atoms with Gasteiger partial charge < -0.3 is 114 Å². The fourth-order valence-corrected chi connectivity index (χ4v) is 15.5. The Hall–Kier alpha value is -1.18. The first kappa shape index (κ1) is 61.9. The van der Waals surface area contributed by atoms with Gasteiger partial charge in [-0.05, 0) is 106 Å². The Morgan fingerprint density at radius 3 is 1.78 bits per heavy atom. The van der Waals surface area contributed by atoms with Crippen molar-refractivity contribution in [1.82, 2.24) is 0 Å². The molecule has 0 radical (unpaired) electrons. The van der Waals surface area contributed by atoms with Crippen molar-refractivity contribution < 1.29 is 114 Å². The molecule has 0 amide bonds. The van der Waals surface area contributed by atoms with E-state index in [1.54, 1.807) is 13.8 Å². The van der Waals surface area contributed by atoms with Gasteiger partial charge in [-0.3, -0.25) is 0 Å². The summed E-state index contributed by atoms with van der Waals surface area (Å²) in [6.07, 6.45) is -22.5. The van der Waals surface area contributed by atoms with Gasteiger partial charge in [0.2, 0.25) is 0 Å². The highest BCUT2D eigenvalue weighted by molar-refractivity contribution is 5.32. The molecule has 0 aromatic rings. The number of allylic oxidation sites excluding steroid dienone is 1. The van der Waals surface area contributed by atoms with Gasteiger partial charge in [-0.25, -0.2) is 0 Å². The number of aliphatic hydroxyl groups is 15. The van der Waals surface area contributed by atoms with Gasteiger partial charge in [0.25, 0.3) is 0 Å². The third-order valence-electron chi connectivity index (χ3n) is 20.7. The molecule has 446 valence electrons. The molecule has 4 aliphatic heterocycles. The van der Waals surface area contributed by atoms with Crippen molar-refractivity contribution in [2.75, 3.05) is 26.4 Å². The minimum absolute atomic E-state index is 0.0102. The van der Waals surface area contributed by atoms with Crippen molar-refractivity contribution in [1.29, 1.82) is 0 Å². The first-order valence-corrected chi connectivity index (χ1v) is 27.9. The molecule has 4 aliphatic carbocycles. The van der Waals surface area contributed by atoms with E-state index in [9.17, 15) is 76.6 Å². The SMILES string of the molecule is C[C@H](CC[C@@H](O[C@@H]1OC[C@@H](O[C@H]2O[C@@H](CO)[C@H](O)[C@@H](O)[C@@H]2O)[C@H](O)[C@H]1O)C(C)(C)O)C1CC[C@@]2(C)C3CC=C4C(CC[C@H](O[C@@H]5O[C@H](CCO[C@@H]6O[C@H](CO)[C@@H](O)[C@H](O)[C@H]6O)[C@@H](O)[C@H](O)[C@H]5O)C4(C)C)[C@]3(C)[C@H](O)C[C@]12C. The predicted molar refractivity (Wildman–Crippen MR) is 266 cm³/mol. The van der Waals surface area contributed by atoms with E-state index in [1.807, 2.05) is 0 Å².